The minimum absolute atomic E-state index is 0.0188. The van der Waals surface area contributed by atoms with Crippen molar-refractivity contribution >= 4 is 5.91 Å². The van der Waals surface area contributed by atoms with Crippen LogP contribution in [0.3, 0.4) is 0 Å². The van der Waals surface area contributed by atoms with E-state index in [9.17, 15) is 4.79 Å². The van der Waals surface area contributed by atoms with Crippen LogP contribution in [0.15, 0.2) is 53.7 Å². The third-order valence-corrected chi connectivity index (χ3v) is 3.73. The third-order valence-electron chi connectivity index (χ3n) is 3.73. The molecule has 1 aromatic heterocycles. The zero-order chi connectivity index (χ0) is 17.4. The summed E-state index contributed by atoms with van der Waals surface area (Å²) in [5.41, 5.74) is 1.08. The Bertz CT molecular complexity index is 664. The smallest absolute Gasteiger partial charge is 0.230 e. The van der Waals surface area contributed by atoms with Crippen LogP contribution in [0.2, 0.25) is 0 Å². The Kier molecular flexibility index (Phi) is 6.49. The highest BCUT2D eigenvalue weighted by atomic mass is 16.5. The highest BCUT2D eigenvalue weighted by molar-refractivity contribution is 5.78. The predicted molar refractivity (Wildman–Crippen MR) is 92.4 cm³/mol. The van der Waals surface area contributed by atoms with E-state index < -0.39 is 0 Å². The quantitative estimate of drug-likeness (QED) is 0.663. The lowest BCUT2D eigenvalue weighted by atomic mass is 10.1. The second kappa shape index (κ2) is 8.82. The summed E-state index contributed by atoms with van der Waals surface area (Å²) in [5, 5.41) is 0. The molecular weight excluding hydrogens is 306 g/mol. The summed E-state index contributed by atoms with van der Waals surface area (Å²) in [7, 11) is 3.22. The lowest BCUT2D eigenvalue weighted by Gasteiger charge is -2.21. The Hall–Kier alpha value is -2.69. The van der Waals surface area contributed by atoms with Crippen molar-refractivity contribution in [2.75, 3.05) is 27.3 Å². The molecule has 0 aliphatic rings. The van der Waals surface area contributed by atoms with Crippen molar-refractivity contribution in [3.05, 3.63) is 60.6 Å². The molecule has 1 heterocycles. The summed E-state index contributed by atoms with van der Waals surface area (Å²) in [4.78, 5) is 14.2. The maximum atomic E-state index is 12.4. The van der Waals surface area contributed by atoms with Crippen molar-refractivity contribution in [2.24, 2.45) is 0 Å². The second-order valence-electron chi connectivity index (χ2n) is 5.32. The van der Waals surface area contributed by atoms with Gasteiger partial charge in [0.15, 0.2) is 11.5 Å². The number of amides is 1. The third kappa shape index (κ3) is 4.65. The first-order valence-corrected chi connectivity index (χ1v) is 7.80. The van der Waals surface area contributed by atoms with E-state index in [1.165, 1.54) is 0 Å². The van der Waals surface area contributed by atoms with Gasteiger partial charge in [-0.25, -0.2) is 0 Å². The Morgan fingerprint density at radius 1 is 1.25 bits per heavy atom. The molecule has 128 valence electrons. The van der Waals surface area contributed by atoms with E-state index in [0.717, 1.165) is 12.0 Å². The molecule has 0 aliphatic heterocycles. The van der Waals surface area contributed by atoms with Gasteiger partial charge >= 0.3 is 0 Å². The normalized spacial score (nSPS) is 10.2. The average Bonchev–Trinajstić information content (AvgIpc) is 3.11. The maximum Gasteiger partial charge on any atom is 0.230 e. The molecule has 5 nitrogen and oxygen atoms in total. The molecule has 0 bridgehead atoms. The van der Waals surface area contributed by atoms with Crippen molar-refractivity contribution in [1.29, 1.82) is 0 Å². The SMILES string of the molecule is C=CCN(CCc1ccc(OC)c(OC)c1)C(=O)Cc1ccco1. The number of ether oxygens (including phenoxy) is 2. The van der Waals surface area contributed by atoms with Crippen molar-refractivity contribution in [2.45, 2.75) is 12.8 Å². The average molecular weight is 329 g/mol. The lowest BCUT2D eigenvalue weighted by Crippen LogP contribution is -2.34. The van der Waals surface area contributed by atoms with Crippen LogP contribution in [0.5, 0.6) is 11.5 Å². The Morgan fingerprint density at radius 2 is 2.04 bits per heavy atom. The van der Waals surface area contributed by atoms with Crippen molar-refractivity contribution in [3.63, 3.8) is 0 Å². The summed E-state index contributed by atoms with van der Waals surface area (Å²) < 4.78 is 15.8. The summed E-state index contributed by atoms with van der Waals surface area (Å²) in [6, 6.07) is 9.37. The Labute approximate surface area is 142 Å². The van der Waals surface area contributed by atoms with Crippen molar-refractivity contribution in [3.8, 4) is 11.5 Å². The van der Waals surface area contributed by atoms with Crippen LogP contribution in [0.1, 0.15) is 11.3 Å². The second-order valence-corrected chi connectivity index (χ2v) is 5.32. The van der Waals surface area contributed by atoms with Crippen LogP contribution in [0, 0.1) is 0 Å². The minimum atomic E-state index is 0.0188. The van der Waals surface area contributed by atoms with E-state index >= 15 is 0 Å². The molecule has 5 heteroatoms. The molecule has 2 aromatic rings. The van der Waals surface area contributed by atoms with Crippen LogP contribution in [0.4, 0.5) is 0 Å². The number of rotatable bonds is 9. The number of hydrogen-bond donors (Lipinski definition) is 0. The Morgan fingerprint density at radius 3 is 2.67 bits per heavy atom. The molecule has 2 rings (SSSR count). The van der Waals surface area contributed by atoms with Gasteiger partial charge in [-0.1, -0.05) is 12.1 Å². The number of furan rings is 1. The van der Waals surface area contributed by atoms with Crippen molar-refractivity contribution < 1.29 is 18.7 Å². The van der Waals surface area contributed by atoms with E-state index in [2.05, 4.69) is 6.58 Å². The molecule has 0 N–H and O–H groups in total. The van der Waals surface area contributed by atoms with Crippen molar-refractivity contribution in [1.82, 2.24) is 4.90 Å². The van der Waals surface area contributed by atoms with Gasteiger partial charge in [0.05, 0.1) is 26.9 Å². The van der Waals surface area contributed by atoms with Gasteiger partial charge in [-0.15, -0.1) is 6.58 Å². The van der Waals surface area contributed by atoms with E-state index in [0.29, 0.717) is 30.3 Å². The number of hydrogen-bond acceptors (Lipinski definition) is 4. The standard InChI is InChI=1S/C19H23NO4/c1-4-10-20(19(21)14-16-6-5-12-24-16)11-9-15-7-8-17(22-2)18(13-15)23-3/h4-8,12-13H,1,9-11,14H2,2-3H3. The molecule has 0 fully saturated rings. The molecular formula is C19H23NO4. The first-order chi connectivity index (χ1) is 11.7. The largest absolute Gasteiger partial charge is 0.493 e. The fourth-order valence-corrected chi connectivity index (χ4v) is 2.45. The molecule has 1 amide bonds. The van der Waals surface area contributed by atoms with Gasteiger partial charge in [0.1, 0.15) is 5.76 Å². The fraction of sp³-hybridized carbons (Fsp3) is 0.316. The predicted octanol–water partition coefficient (Wildman–Crippen LogP) is 3.10. The summed E-state index contributed by atoms with van der Waals surface area (Å²) in [6.45, 7) is 4.84. The zero-order valence-electron chi connectivity index (χ0n) is 14.2. The van der Waals surface area contributed by atoms with E-state index in [1.807, 2.05) is 18.2 Å². The van der Waals surface area contributed by atoms with E-state index in [4.69, 9.17) is 13.9 Å². The Balaban J connectivity index is 2.00. The molecule has 0 atom stereocenters. The molecule has 1 aromatic carbocycles. The molecule has 0 spiro atoms. The van der Waals surface area contributed by atoms with Gasteiger partial charge in [-0.2, -0.15) is 0 Å². The van der Waals surface area contributed by atoms with Crippen LogP contribution in [-0.4, -0.2) is 38.1 Å². The van der Waals surface area contributed by atoms with Crippen LogP contribution in [-0.2, 0) is 17.6 Å². The van der Waals surface area contributed by atoms with Gasteiger partial charge in [-0.05, 0) is 36.2 Å². The maximum absolute atomic E-state index is 12.4. The molecule has 0 aliphatic carbocycles. The highest BCUT2D eigenvalue weighted by Crippen LogP contribution is 2.27. The summed E-state index contributed by atoms with van der Waals surface area (Å²) >= 11 is 0. The highest BCUT2D eigenvalue weighted by Gasteiger charge is 2.14. The lowest BCUT2D eigenvalue weighted by molar-refractivity contribution is -0.130. The number of carbonyl (C=O) groups is 1. The van der Waals surface area contributed by atoms with E-state index in [1.54, 1.807) is 43.6 Å². The van der Waals surface area contributed by atoms with Gasteiger partial charge in [0.2, 0.25) is 5.91 Å². The molecule has 24 heavy (non-hydrogen) atoms. The van der Waals surface area contributed by atoms with E-state index in [-0.39, 0.29) is 12.3 Å². The van der Waals surface area contributed by atoms with Crippen LogP contribution >= 0.6 is 0 Å². The topological polar surface area (TPSA) is 51.9 Å². The molecule has 0 saturated carbocycles. The first kappa shape index (κ1) is 17.7. The number of nitrogens with zero attached hydrogens (tertiary/aromatic N) is 1. The van der Waals surface area contributed by atoms with Gasteiger partial charge in [-0.3, -0.25) is 4.79 Å². The number of carbonyl (C=O) groups excluding carboxylic acids is 1. The summed E-state index contributed by atoms with van der Waals surface area (Å²) in [5.74, 6) is 2.07. The minimum Gasteiger partial charge on any atom is -0.493 e. The number of benzene rings is 1. The summed E-state index contributed by atoms with van der Waals surface area (Å²) in [6.07, 6.45) is 4.28. The van der Waals surface area contributed by atoms with Gasteiger partial charge < -0.3 is 18.8 Å². The van der Waals surface area contributed by atoms with Crippen LogP contribution < -0.4 is 9.47 Å². The van der Waals surface area contributed by atoms with Crippen LogP contribution in [0.25, 0.3) is 0 Å². The molecule has 0 unspecified atom stereocenters. The molecule has 0 saturated heterocycles. The van der Waals surface area contributed by atoms with Gasteiger partial charge in [0, 0.05) is 13.1 Å². The first-order valence-electron chi connectivity index (χ1n) is 7.80. The number of methoxy groups -OCH3 is 2. The van der Waals surface area contributed by atoms with Gasteiger partial charge in [0.25, 0.3) is 0 Å². The fourth-order valence-electron chi connectivity index (χ4n) is 2.45. The zero-order valence-corrected chi connectivity index (χ0v) is 14.2. The monoisotopic (exact) mass is 329 g/mol. The molecule has 0 radical (unpaired) electrons.